The van der Waals surface area contributed by atoms with Gasteiger partial charge in [-0.2, -0.15) is 0 Å². The zero-order chi connectivity index (χ0) is 24.3. The number of aliphatic hydroxyl groups is 1. The number of carbonyl (C=O) groups excluding carboxylic acids is 2. The van der Waals surface area contributed by atoms with Crippen molar-refractivity contribution in [1.29, 1.82) is 0 Å². The van der Waals surface area contributed by atoms with Gasteiger partial charge in [0.15, 0.2) is 0 Å². The van der Waals surface area contributed by atoms with Crippen LogP contribution in [0.5, 0.6) is 0 Å². The van der Waals surface area contributed by atoms with Crippen LogP contribution in [0.25, 0.3) is 10.8 Å². The van der Waals surface area contributed by atoms with E-state index in [9.17, 15) is 14.7 Å². The van der Waals surface area contributed by atoms with Crippen LogP contribution in [0.3, 0.4) is 0 Å². The highest BCUT2D eigenvalue weighted by molar-refractivity contribution is 5.97. The first-order valence-corrected chi connectivity index (χ1v) is 11.5. The molecule has 1 fully saturated rings. The maximum absolute atomic E-state index is 13.0. The molecule has 1 aliphatic rings. The standard InChI is InChI=1S/C24H35N5O4/c1-14(2)26-21-18-11-20(25-12-17(18)10-19(27-21)15(3)30)28-22(31)16-8-7-9-29(13-16)23(32)33-24(4,5)6/h10-12,14-16,30H,7-9,13H2,1-6H3,(H,26,27)(H,25,28,31)/t15-,16?/m1/s1. The molecule has 2 aromatic rings. The van der Waals surface area contributed by atoms with E-state index in [2.05, 4.69) is 20.6 Å². The molecule has 0 aliphatic carbocycles. The van der Waals surface area contributed by atoms with Gasteiger partial charge in [-0.05, 0) is 66.5 Å². The third-order valence-corrected chi connectivity index (χ3v) is 5.28. The number of piperidine rings is 1. The summed E-state index contributed by atoms with van der Waals surface area (Å²) in [6.07, 6.45) is 1.99. The summed E-state index contributed by atoms with van der Waals surface area (Å²) >= 11 is 0. The molecule has 2 aromatic heterocycles. The lowest BCUT2D eigenvalue weighted by molar-refractivity contribution is -0.121. The minimum Gasteiger partial charge on any atom is -0.444 e. The van der Waals surface area contributed by atoms with Gasteiger partial charge in [0, 0.05) is 36.1 Å². The summed E-state index contributed by atoms with van der Waals surface area (Å²) in [5.41, 5.74) is -0.0289. The number of pyridine rings is 2. The Morgan fingerprint density at radius 1 is 1.24 bits per heavy atom. The Kier molecular flexibility index (Phi) is 7.41. The molecule has 0 saturated carbocycles. The second kappa shape index (κ2) is 9.91. The Balaban J connectivity index is 1.77. The predicted octanol–water partition coefficient (Wildman–Crippen LogP) is 4.09. The zero-order valence-corrected chi connectivity index (χ0v) is 20.3. The molecule has 3 rings (SSSR count). The van der Waals surface area contributed by atoms with Crippen molar-refractivity contribution in [1.82, 2.24) is 14.9 Å². The summed E-state index contributed by atoms with van der Waals surface area (Å²) in [6.45, 7) is 12.0. The molecule has 2 atom stereocenters. The summed E-state index contributed by atoms with van der Waals surface area (Å²) in [5.74, 6) is 0.528. The van der Waals surface area contributed by atoms with Crippen molar-refractivity contribution in [2.45, 2.75) is 72.1 Å². The molecule has 0 bridgehead atoms. The van der Waals surface area contributed by atoms with Gasteiger partial charge in [-0.3, -0.25) is 4.79 Å². The molecule has 3 N–H and O–H groups in total. The van der Waals surface area contributed by atoms with Crippen LogP contribution in [-0.2, 0) is 9.53 Å². The van der Waals surface area contributed by atoms with Crippen LogP contribution in [-0.4, -0.2) is 56.7 Å². The molecule has 0 aromatic carbocycles. The van der Waals surface area contributed by atoms with E-state index in [0.717, 1.165) is 17.2 Å². The lowest BCUT2D eigenvalue weighted by Gasteiger charge is -2.33. The number of nitrogens with zero attached hydrogens (tertiary/aromatic N) is 3. The van der Waals surface area contributed by atoms with E-state index >= 15 is 0 Å². The van der Waals surface area contributed by atoms with Crippen LogP contribution >= 0.6 is 0 Å². The Morgan fingerprint density at radius 2 is 1.97 bits per heavy atom. The lowest BCUT2D eigenvalue weighted by Crippen LogP contribution is -2.45. The monoisotopic (exact) mass is 457 g/mol. The number of nitrogens with one attached hydrogen (secondary N) is 2. The Bertz CT molecular complexity index is 1020. The summed E-state index contributed by atoms with van der Waals surface area (Å²) in [5, 5.41) is 17.8. The first kappa shape index (κ1) is 24.7. The quantitative estimate of drug-likeness (QED) is 0.619. The summed E-state index contributed by atoms with van der Waals surface area (Å²) < 4.78 is 5.45. The number of ether oxygens (including phenoxy) is 1. The fourth-order valence-electron chi connectivity index (χ4n) is 3.74. The SMILES string of the molecule is CC(C)Nc1nc([C@@H](C)O)cc2cnc(NC(=O)C3CCCN(C(=O)OC(C)(C)C)C3)cc12. The molecule has 0 radical (unpaired) electrons. The molecule has 0 spiro atoms. The molecule has 180 valence electrons. The minimum absolute atomic E-state index is 0.136. The number of fused-ring (bicyclic) bond motifs is 1. The number of aromatic nitrogens is 2. The van der Waals surface area contributed by atoms with Crippen molar-refractivity contribution in [2.75, 3.05) is 23.7 Å². The topological polar surface area (TPSA) is 117 Å². The normalized spacial score (nSPS) is 17.7. The Hall–Kier alpha value is -2.94. The molecular formula is C24H35N5O4. The number of amides is 2. The van der Waals surface area contributed by atoms with Crippen molar-refractivity contribution in [3.63, 3.8) is 0 Å². The average molecular weight is 458 g/mol. The maximum Gasteiger partial charge on any atom is 0.410 e. The van der Waals surface area contributed by atoms with Gasteiger partial charge in [-0.15, -0.1) is 0 Å². The predicted molar refractivity (Wildman–Crippen MR) is 128 cm³/mol. The fourth-order valence-corrected chi connectivity index (χ4v) is 3.74. The molecular weight excluding hydrogens is 422 g/mol. The fraction of sp³-hybridized carbons (Fsp3) is 0.583. The van der Waals surface area contributed by atoms with Gasteiger partial charge in [0.2, 0.25) is 5.91 Å². The first-order chi connectivity index (χ1) is 15.4. The van der Waals surface area contributed by atoms with Gasteiger partial charge in [0.25, 0.3) is 0 Å². The van der Waals surface area contributed by atoms with E-state index in [-0.39, 0.29) is 17.9 Å². The van der Waals surface area contributed by atoms with Crippen LogP contribution < -0.4 is 10.6 Å². The average Bonchev–Trinajstić information content (AvgIpc) is 2.72. The van der Waals surface area contributed by atoms with E-state index in [1.807, 2.05) is 34.6 Å². The number of hydrogen-bond acceptors (Lipinski definition) is 7. The number of likely N-dealkylation sites (tertiary alicyclic amines) is 1. The van der Waals surface area contributed by atoms with Crippen LogP contribution in [0.4, 0.5) is 16.4 Å². The van der Waals surface area contributed by atoms with E-state index in [0.29, 0.717) is 36.8 Å². The van der Waals surface area contributed by atoms with Crippen LogP contribution in [0.15, 0.2) is 18.3 Å². The van der Waals surface area contributed by atoms with E-state index in [4.69, 9.17) is 4.74 Å². The number of anilines is 2. The highest BCUT2D eigenvalue weighted by Crippen LogP contribution is 2.28. The van der Waals surface area contributed by atoms with Gasteiger partial charge in [-0.1, -0.05) is 0 Å². The summed E-state index contributed by atoms with van der Waals surface area (Å²) in [7, 11) is 0. The van der Waals surface area contributed by atoms with Gasteiger partial charge < -0.3 is 25.4 Å². The van der Waals surface area contributed by atoms with E-state index in [1.54, 1.807) is 30.2 Å². The largest absolute Gasteiger partial charge is 0.444 e. The lowest BCUT2D eigenvalue weighted by atomic mass is 9.97. The van der Waals surface area contributed by atoms with Crippen molar-refractivity contribution in [3.8, 4) is 0 Å². The Labute approximate surface area is 194 Å². The van der Waals surface area contributed by atoms with Crippen molar-refractivity contribution < 1.29 is 19.4 Å². The third kappa shape index (κ3) is 6.54. The van der Waals surface area contributed by atoms with E-state index in [1.165, 1.54) is 0 Å². The molecule has 1 saturated heterocycles. The number of aliphatic hydroxyl groups excluding tert-OH is 1. The molecule has 1 aliphatic heterocycles. The first-order valence-electron chi connectivity index (χ1n) is 11.5. The minimum atomic E-state index is -0.708. The van der Waals surface area contributed by atoms with Crippen molar-refractivity contribution in [2.24, 2.45) is 5.92 Å². The molecule has 1 unspecified atom stereocenters. The number of carbonyl (C=O) groups is 2. The maximum atomic E-state index is 13.0. The van der Waals surface area contributed by atoms with Gasteiger partial charge in [0.1, 0.15) is 17.2 Å². The molecule has 3 heterocycles. The molecule has 2 amide bonds. The zero-order valence-electron chi connectivity index (χ0n) is 20.3. The summed E-state index contributed by atoms with van der Waals surface area (Å²) in [6, 6.07) is 3.71. The van der Waals surface area contributed by atoms with Crippen LogP contribution in [0, 0.1) is 5.92 Å². The Morgan fingerprint density at radius 3 is 2.61 bits per heavy atom. The highest BCUT2D eigenvalue weighted by Gasteiger charge is 2.31. The summed E-state index contributed by atoms with van der Waals surface area (Å²) in [4.78, 5) is 35.9. The second-order valence-electron chi connectivity index (χ2n) is 9.92. The van der Waals surface area contributed by atoms with Crippen molar-refractivity contribution in [3.05, 3.63) is 24.0 Å². The van der Waals surface area contributed by atoms with Crippen molar-refractivity contribution >= 4 is 34.4 Å². The van der Waals surface area contributed by atoms with Gasteiger partial charge >= 0.3 is 6.09 Å². The number of hydrogen-bond donors (Lipinski definition) is 3. The second-order valence-corrected chi connectivity index (χ2v) is 9.92. The van der Waals surface area contributed by atoms with Gasteiger partial charge in [-0.25, -0.2) is 14.8 Å². The highest BCUT2D eigenvalue weighted by atomic mass is 16.6. The molecule has 9 heteroatoms. The third-order valence-electron chi connectivity index (χ3n) is 5.28. The van der Waals surface area contributed by atoms with Crippen LogP contribution in [0.2, 0.25) is 0 Å². The molecule has 9 nitrogen and oxygen atoms in total. The van der Waals surface area contributed by atoms with E-state index < -0.39 is 17.8 Å². The smallest absolute Gasteiger partial charge is 0.410 e. The molecule has 33 heavy (non-hydrogen) atoms. The van der Waals surface area contributed by atoms with Gasteiger partial charge in [0.05, 0.1) is 17.7 Å². The van der Waals surface area contributed by atoms with Crippen LogP contribution in [0.1, 0.15) is 66.2 Å². The number of rotatable bonds is 5.